The SMILES string of the molecule is NC1(C(=O)O)CCN(c2ncc(C(=O)Nc3nc(-c4cccc(C(F)(F)F)c4F)cs3)cc2Cl)C1. The number of carbonyl (C=O) groups is 2. The molecule has 1 aliphatic heterocycles. The molecule has 3 heterocycles. The lowest BCUT2D eigenvalue weighted by molar-refractivity contribution is -0.142. The molecule has 1 fully saturated rings. The van der Waals surface area contributed by atoms with Crippen molar-refractivity contribution in [2.24, 2.45) is 5.73 Å². The molecule has 1 unspecified atom stereocenters. The van der Waals surface area contributed by atoms with E-state index in [-0.39, 0.29) is 45.8 Å². The van der Waals surface area contributed by atoms with Gasteiger partial charge in [0.25, 0.3) is 5.91 Å². The van der Waals surface area contributed by atoms with Crippen molar-refractivity contribution in [1.29, 1.82) is 0 Å². The summed E-state index contributed by atoms with van der Waals surface area (Å²) in [5, 5.41) is 13.2. The number of carbonyl (C=O) groups excluding carboxylic acids is 1. The first-order valence-corrected chi connectivity index (χ1v) is 11.2. The lowest BCUT2D eigenvalue weighted by Gasteiger charge is -2.21. The van der Waals surface area contributed by atoms with Crippen LogP contribution in [0.15, 0.2) is 35.8 Å². The third kappa shape index (κ3) is 4.92. The number of aromatic nitrogens is 2. The van der Waals surface area contributed by atoms with Crippen LogP contribution >= 0.6 is 22.9 Å². The van der Waals surface area contributed by atoms with Gasteiger partial charge in [0.05, 0.1) is 21.8 Å². The fourth-order valence-corrected chi connectivity index (χ4v) is 4.54. The highest BCUT2D eigenvalue weighted by atomic mass is 35.5. The molecular formula is C21H16ClF4N5O3S. The van der Waals surface area contributed by atoms with Crippen molar-refractivity contribution in [2.75, 3.05) is 23.3 Å². The average molecular weight is 530 g/mol. The summed E-state index contributed by atoms with van der Waals surface area (Å²) in [6.07, 6.45) is -3.43. The molecular weight excluding hydrogens is 514 g/mol. The summed E-state index contributed by atoms with van der Waals surface area (Å²) in [7, 11) is 0. The van der Waals surface area contributed by atoms with E-state index in [1.54, 1.807) is 4.90 Å². The number of anilines is 2. The summed E-state index contributed by atoms with van der Waals surface area (Å²) in [6, 6.07) is 4.19. The molecule has 0 radical (unpaired) electrons. The minimum absolute atomic E-state index is 0.00537. The lowest BCUT2D eigenvalue weighted by Crippen LogP contribution is -2.50. The van der Waals surface area contributed by atoms with Gasteiger partial charge >= 0.3 is 12.1 Å². The summed E-state index contributed by atoms with van der Waals surface area (Å²) < 4.78 is 53.3. The van der Waals surface area contributed by atoms with Gasteiger partial charge in [-0.05, 0) is 24.6 Å². The number of pyridine rings is 1. The molecule has 0 bridgehead atoms. The number of nitrogens with one attached hydrogen (secondary N) is 1. The number of amides is 1. The topological polar surface area (TPSA) is 121 Å². The summed E-state index contributed by atoms with van der Waals surface area (Å²) in [6.45, 7) is 0.309. The molecule has 1 aromatic carbocycles. The van der Waals surface area contributed by atoms with Gasteiger partial charge in [0.1, 0.15) is 17.2 Å². The molecule has 35 heavy (non-hydrogen) atoms. The van der Waals surface area contributed by atoms with Crippen LogP contribution in [0, 0.1) is 5.82 Å². The second-order valence-electron chi connectivity index (χ2n) is 7.82. The number of aliphatic carboxylic acids is 1. The number of carboxylic acid groups (broad SMARTS) is 1. The number of thiazole rings is 1. The maximum atomic E-state index is 14.4. The van der Waals surface area contributed by atoms with Gasteiger partial charge in [-0.15, -0.1) is 11.3 Å². The number of hydrogen-bond donors (Lipinski definition) is 3. The summed E-state index contributed by atoms with van der Waals surface area (Å²) in [5.41, 5.74) is 2.65. The monoisotopic (exact) mass is 529 g/mol. The van der Waals surface area contributed by atoms with Crippen molar-refractivity contribution < 1.29 is 32.3 Å². The van der Waals surface area contributed by atoms with Crippen LogP contribution in [0.2, 0.25) is 5.02 Å². The van der Waals surface area contributed by atoms with Gasteiger partial charge in [-0.3, -0.25) is 14.9 Å². The predicted octanol–water partition coefficient (Wildman–Crippen LogP) is 4.26. The Morgan fingerprint density at radius 3 is 2.69 bits per heavy atom. The predicted molar refractivity (Wildman–Crippen MR) is 121 cm³/mol. The highest BCUT2D eigenvalue weighted by molar-refractivity contribution is 7.14. The van der Waals surface area contributed by atoms with E-state index in [1.165, 1.54) is 17.6 Å². The Morgan fingerprint density at radius 1 is 1.31 bits per heavy atom. The Hall–Kier alpha value is -3.29. The number of carboxylic acids is 1. The second-order valence-corrected chi connectivity index (χ2v) is 9.08. The van der Waals surface area contributed by atoms with E-state index in [0.29, 0.717) is 12.6 Å². The van der Waals surface area contributed by atoms with Gasteiger partial charge in [0, 0.05) is 30.2 Å². The van der Waals surface area contributed by atoms with Gasteiger partial charge in [0.15, 0.2) is 5.13 Å². The number of benzene rings is 1. The molecule has 8 nitrogen and oxygen atoms in total. The van der Waals surface area contributed by atoms with Gasteiger partial charge in [-0.2, -0.15) is 13.2 Å². The number of alkyl halides is 3. The summed E-state index contributed by atoms with van der Waals surface area (Å²) >= 11 is 7.16. The van der Waals surface area contributed by atoms with Crippen molar-refractivity contribution in [3.8, 4) is 11.3 Å². The summed E-state index contributed by atoms with van der Waals surface area (Å²) in [5.74, 6) is -2.98. The maximum Gasteiger partial charge on any atom is 0.419 e. The van der Waals surface area contributed by atoms with Crippen LogP contribution in [0.1, 0.15) is 22.3 Å². The summed E-state index contributed by atoms with van der Waals surface area (Å²) in [4.78, 5) is 33.7. The van der Waals surface area contributed by atoms with Gasteiger partial charge in [0.2, 0.25) is 0 Å². The van der Waals surface area contributed by atoms with E-state index in [0.717, 1.165) is 23.5 Å². The highest BCUT2D eigenvalue weighted by Gasteiger charge is 2.42. The number of rotatable bonds is 5. The minimum Gasteiger partial charge on any atom is -0.480 e. The van der Waals surface area contributed by atoms with Crippen molar-refractivity contribution >= 4 is 45.8 Å². The van der Waals surface area contributed by atoms with Crippen LogP contribution in [0.25, 0.3) is 11.3 Å². The van der Waals surface area contributed by atoms with Gasteiger partial charge < -0.3 is 15.7 Å². The third-order valence-electron chi connectivity index (χ3n) is 5.41. The number of nitrogens with zero attached hydrogens (tertiary/aromatic N) is 3. The Labute approximate surface area is 204 Å². The molecule has 4 rings (SSSR count). The Bertz CT molecular complexity index is 1320. The van der Waals surface area contributed by atoms with Crippen molar-refractivity contribution in [3.63, 3.8) is 0 Å². The molecule has 2 aromatic heterocycles. The molecule has 3 aromatic rings. The van der Waals surface area contributed by atoms with E-state index in [4.69, 9.17) is 17.3 Å². The molecule has 0 aliphatic carbocycles. The molecule has 184 valence electrons. The fourth-order valence-electron chi connectivity index (χ4n) is 3.55. The minimum atomic E-state index is -4.86. The highest BCUT2D eigenvalue weighted by Crippen LogP contribution is 2.36. The number of hydrogen-bond acceptors (Lipinski definition) is 7. The number of halogens is 5. The van der Waals surface area contributed by atoms with E-state index >= 15 is 0 Å². The van der Waals surface area contributed by atoms with E-state index in [9.17, 15) is 32.3 Å². The largest absolute Gasteiger partial charge is 0.480 e. The van der Waals surface area contributed by atoms with E-state index in [2.05, 4.69) is 15.3 Å². The molecule has 1 saturated heterocycles. The maximum absolute atomic E-state index is 14.4. The van der Waals surface area contributed by atoms with Crippen molar-refractivity contribution in [3.05, 3.63) is 57.8 Å². The van der Waals surface area contributed by atoms with Crippen LogP contribution in [-0.2, 0) is 11.0 Å². The average Bonchev–Trinajstić information content (AvgIpc) is 3.40. The first kappa shape index (κ1) is 24.8. The van der Waals surface area contributed by atoms with Crippen LogP contribution in [0.3, 0.4) is 0 Å². The molecule has 0 saturated carbocycles. The molecule has 14 heteroatoms. The molecule has 1 aliphatic rings. The second kappa shape index (κ2) is 9.06. The van der Waals surface area contributed by atoms with E-state index in [1.807, 2.05) is 0 Å². The zero-order chi connectivity index (χ0) is 25.5. The lowest BCUT2D eigenvalue weighted by atomic mass is 10.0. The van der Waals surface area contributed by atoms with Gasteiger partial charge in [-0.1, -0.05) is 17.7 Å². The Kier molecular flexibility index (Phi) is 6.42. The quantitative estimate of drug-likeness (QED) is 0.422. The number of nitrogens with two attached hydrogens (primary N) is 1. The normalized spacial score (nSPS) is 18.1. The molecule has 1 amide bonds. The standard InChI is InChI=1S/C21H16ClF4N5O3S/c22-13-6-10(7-28-16(13)31-5-4-20(27,9-31)18(33)34)17(32)30-19-29-14(8-35-19)11-2-1-3-12(15(11)23)21(24,25)26/h1-3,6-8H,4-5,9,27H2,(H,33,34)(H,29,30,32). The van der Waals surface area contributed by atoms with E-state index < -0.39 is 35.0 Å². The van der Waals surface area contributed by atoms with Gasteiger partial charge in [-0.25, -0.2) is 14.4 Å². The fraction of sp³-hybridized carbons (Fsp3) is 0.238. The smallest absolute Gasteiger partial charge is 0.419 e. The molecule has 4 N–H and O–H groups in total. The first-order chi connectivity index (χ1) is 16.4. The Balaban J connectivity index is 1.49. The van der Waals surface area contributed by atoms with Crippen LogP contribution in [0.4, 0.5) is 28.5 Å². The van der Waals surface area contributed by atoms with Crippen LogP contribution < -0.4 is 16.0 Å². The Morgan fingerprint density at radius 2 is 2.06 bits per heavy atom. The zero-order valence-corrected chi connectivity index (χ0v) is 19.1. The van der Waals surface area contributed by atoms with Crippen LogP contribution in [-0.4, -0.2) is 45.6 Å². The molecule has 0 spiro atoms. The third-order valence-corrected chi connectivity index (χ3v) is 6.45. The van der Waals surface area contributed by atoms with Crippen molar-refractivity contribution in [1.82, 2.24) is 9.97 Å². The van der Waals surface area contributed by atoms with Crippen molar-refractivity contribution in [2.45, 2.75) is 18.1 Å². The van der Waals surface area contributed by atoms with Crippen LogP contribution in [0.5, 0.6) is 0 Å². The first-order valence-electron chi connectivity index (χ1n) is 9.95. The zero-order valence-electron chi connectivity index (χ0n) is 17.6. The molecule has 1 atom stereocenters.